The highest BCUT2D eigenvalue weighted by atomic mass is 35.5. The van der Waals surface area contributed by atoms with Crippen molar-refractivity contribution >= 4 is 17.5 Å². The van der Waals surface area contributed by atoms with Gasteiger partial charge in [0.25, 0.3) is 5.91 Å². The molecule has 0 saturated carbocycles. The Balaban J connectivity index is 1.91. The zero-order chi connectivity index (χ0) is 20.7. The average molecular weight is 414 g/mol. The maximum Gasteiger partial charge on any atom is 0.273 e. The number of carbonyl (C=O) groups is 1. The van der Waals surface area contributed by atoms with Crippen LogP contribution in [0.5, 0.6) is 11.5 Å². The molecule has 0 bridgehead atoms. The number of benzene rings is 2. The number of aromatic nitrogens is 2. The number of aryl methyl sites for hydroxylation is 1. The number of hydrogen-bond acceptors (Lipinski definition) is 5. The smallest absolute Gasteiger partial charge is 0.273 e. The predicted octanol–water partition coefficient (Wildman–Crippen LogP) is 3.64. The summed E-state index contributed by atoms with van der Waals surface area (Å²) in [5.74, 6) is -0.0955. The normalized spacial score (nSPS) is 15.8. The van der Waals surface area contributed by atoms with Crippen LogP contribution in [0, 0.1) is 6.92 Å². The fourth-order valence-corrected chi connectivity index (χ4v) is 3.88. The van der Waals surface area contributed by atoms with Gasteiger partial charge in [-0.1, -0.05) is 23.7 Å². The molecular formula is C21H20ClN3O4. The number of nitrogens with zero attached hydrogens (tertiary/aromatic N) is 2. The number of aromatic hydroxyl groups is 2. The van der Waals surface area contributed by atoms with Crippen molar-refractivity contribution in [2.45, 2.75) is 13.0 Å². The number of methoxy groups -OCH3 is 1. The van der Waals surface area contributed by atoms with Gasteiger partial charge in [-0.15, -0.1) is 0 Å². The minimum Gasteiger partial charge on any atom is -0.508 e. The van der Waals surface area contributed by atoms with Crippen molar-refractivity contribution in [3.05, 3.63) is 63.8 Å². The fraction of sp³-hybridized carbons (Fsp3) is 0.238. The molecule has 150 valence electrons. The highest BCUT2D eigenvalue weighted by Gasteiger charge is 2.42. The Bertz CT molecular complexity index is 1100. The van der Waals surface area contributed by atoms with E-state index in [0.29, 0.717) is 40.7 Å². The zero-order valence-corrected chi connectivity index (χ0v) is 16.7. The van der Waals surface area contributed by atoms with Crippen LogP contribution in [-0.4, -0.2) is 51.5 Å². The number of hydrogen-bond donors (Lipinski definition) is 3. The number of phenols is 2. The maximum absolute atomic E-state index is 13.1. The Labute approximate surface area is 172 Å². The first kappa shape index (κ1) is 19.3. The molecule has 8 heteroatoms. The molecule has 1 atom stereocenters. The van der Waals surface area contributed by atoms with Crippen molar-refractivity contribution in [3.8, 4) is 22.8 Å². The lowest BCUT2D eigenvalue weighted by molar-refractivity contribution is 0.0677. The molecule has 1 aliphatic rings. The molecule has 0 spiro atoms. The lowest BCUT2D eigenvalue weighted by Crippen LogP contribution is -2.32. The van der Waals surface area contributed by atoms with E-state index in [1.807, 2.05) is 6.07 Å². The molecular weight excluding hydrogens is 394 g/mol. The van der Waals surface area contributed by atoms with E-state index >= 15 is 0 Å². The molecule has 0 radical (unpaired) electrons. The van der Waals surface area contributed by atoms with Crippen LogP contribution >= 0.6 is 11.6 Å². The van der Waals surface area contributed by atoms with Crippen molar-refractivity contribution in [1.29, 1.82) is 0 Å². The minimum atomic E-state index is -0.493. The molecule has 0 saturated heterocycles. The van der Waals surface area contributed by atoms with Gasteiger partial charge < -0.3 is 19.8 Å². The third kappa shape index (κ3) is 3.22. The van der Waals surface area contributed by atoms with Crippen molar-refractivity contribution in [2.75, 3.05) is 20.3 Å². The van der Waals surface area contributed by atoms with E-state index in [2.05, 4.69) is 10.2 Å². The lowest BCUT2D eigenvalue weighted by Gasteiger charge is -2.26. The average Bonchev–Trinajstić information content (AvgIpc) is 3.22. The molecule has 1 unspecified atom stereocenters. The van der Waals surface area contributed by atoms with Crippen LogP contribution in [0.25, 0.3) is 11.3 Å². The van der Waals surface area contributed by atoms with Crippen molar-refractivity contribution in [3.63, 3.8) is 0 Å². The van der Waals surface area contributed by atoms with E-state index in [4.69, 9.17) is 16.3 Å². The predicted molar refractivity (Wildman–Crippen MR) is 108 cm³/mol. The molecule has 7 nitrogen and oxygen atoms in total. The maximum atomic E-state index is 13.1. The van der Waals surface area contributed by atoms with E-state index in [0.717, 1.165) is 11.1 Å². The fourth-order valence-electron chi connectivity index (χ4n) is 3.72. The number of nitrogens with one attached hydrogen (secondary N) is 1. The number of fused-ring (bicyclic) bond motifs is 1. The number of halogens is 1. The van der Waals surface area contributed by atoms with Gasteiger partial charge in [0.15, 0.2) is 0 Å². The number of aromatic amines is 1. The minimum absolute atomic E-state index is 0.0265. The van der Waals surface area contributed by atoms with Gasteiger partial charge in [0.05, 0.1) is 12.6 Å². The first-order chi connectivity index (χ1) is 13.9. The monoisotopic (exact) mass is 413 g/mol. The number of amides is 1. The van der Waals surface area contributed by atoms with Gasteiger partial charge in [-0.05, 0) is 42.3 Å². The van der Waals surface area contributed by atoms with E-state index in [-0.39, 0.29) is 17.4 Å². The third-order valence-electron chi connectivity index (χ3n) is 5.12. The topological polar surface area (TPSA) is 98.7 Å². The Morgan fingerprint density at radius 1 is 1.28 bits per heavy atom. The van der Waals surface area contributed by atoms with E-state index in [1.54, 1.807) is 49.3 Å². The number of H-pyrrole nitrogens is 1. The van der Waals surface area contributed by atoms with Crippen molar-refractivity contribution < 1.29 is 19.7 Å². The molecule has 1 aromatic heterocycles. The number of carbonyl (C=O) groups excluding carboxylic acids is 1. The van der Waals surface area contributed by atoms with Gasteiger partial charge in [0.2, 0.25) is 0 Å². The molecule has 3 aromatic rings. The third-order valence-corrected chi connectivity index (χ3v) is 5.53. The second-order valence-electron chi connectivity index (χ2n) is 6.97. The summed E-state index contributed by atoms with van der Waals surface area (Å²) in [5, 5.41) is 28.1. The van der Waals surface area contributed by atoms with Gasteiger partial charge in [-0.2, -0.15) is 5.10 Å². The first-order valence-corrected chi connectivity index (χ1v) is 9.46. The summed E-state index contributed by atoms with van der Waals surface area (Å²) < 4.78 is 5.17. The number of phenolic OH excluding ortho intramolecular Hbond substituents is 2. The van der Waals surface area contributed by atoms with Crippen LogP contribution in [0.1, 0.15) is 33.2 Å². The highest BCUT2D eigenvalue weighted by Crippen LogP contribution is 2.45. The summed E-state index contributed by atoms with van der Waals surface area (Å²) in [7, 11) is 1.57. The van der Waals surface area contributed by atoms with Crippen LogP contribution in [0.4, 0.5) is 0 Å². The Morgan fingerprint density at radius 3 is 2.79 bits per heavy atom. The molecule has 4 rings (SSSR count). The summed E-state index contributed by atoms with van der Waals surface area (Å²) in [4.78, 5) is 14.7. The van der Waals surface area contributed by atoms with E-state index in [9.17, 15) is 15.0 Å². The summed E-state index contributed by atoms with van der Waals surface area (Å²) in [6, 6.07) is 9.47. The summed E-state index contributed by atoms with van der Waals surface area (Å²) in [5.41, 5.74) is 3.33. The van der Waals surface area contributed by atoms with Crippen LogP contribution in [0.3, 0.4) is 0 Å². The number of rotatable bonds is 5. The second-order valence-corrected chi connectivity index (χ2v) is 7.38. The molecule has 0 aliphatic carbocycles. The van der Waals surface area contributed by atoms with Gasteiger partial charge in [0.1, 0.15) is 22.9 Å². The lowest BCUT2D eigenvalue weighted by atomic mass is 9.95. The van der Waals surface area contributed by atoms with Crippen LogP contribution < -0.4 is 0 Å². The SMILES string of the molecule is COCCN1C(=O)c2[nH]nc(-c3cc(Cl)c(C)cc3O)c2C1c1cccc(O)c1. The molecule has 3 N–H and O–H groups in total. The Kier molecular flexibility index (Phi) is 4.94. The van der Waals surface area contributed by atoms with Crippen LogP contribution in [0.15, 0.2) is 36.4 Å². The highest BCUT2D eigenvalue weighted by molar-refractivity contribution is 6.31. The largest absolute Gasteiger partial charge is 0.508 e. The van der Waals surface area contributed by atoms with Gasteiger partial charge >= 0.3 is 0 Å². The second kappa shape index (κ2) is 7.42. The first-order valence-electron chi connectivity index (χ1n) is 9.09. The molecule has 29 heavy (non-hydrogen) atoms. The quantitative estimate of drug-likeness (QED) is 0.593. The molecule has 2 heterocycles. The zero-order valence-electron chi connectivity index (χ0n) is 15.9. The summed E-state index contributed by atoms with van der Waals surface area (Å²) >= 11 is 6.28. The number of ether oxygens (including phenoxy) is 1. The van der Waals surface area contributed by atoms with Gasteiger partial charge in [0, 0.05) is 29.8 Å². The molecule has 0 fully saturated rings. The van der Waals surface area contributed by atoms with Gasteiger partial charge in [-0.25, -0.2) is 0 Å². The van der Waals surface area contributed by atoms with Crippen LogP contribution in [-0.2, 0) is 4.74 Å². The summed E-state index contributed by atoms with van der Waals surface area (Å²) in [6.07, 6.45) is 0. The Morgan fingerprint density at radius 2 is 2.07 bits per heavy atom. The van der Waals surface area contributed by atoms with Gasteiger partial charge in [-0.3, -0.25) is 9.89 Å². The van der Waals surface area contributed by atoms with Crippen LogP contribution in [0.2, 0.25) is 5.02 Å². The Hall–Kier alpha value is -3.03. The standard InChI is InChI=1S/C21H20ClN3O4/c1-11-8-16(27)14(10-15(11)22)18-17-19(24-23-18)21(28)25(6-7-29-2)20(17)12-4-3-5-13(26)9-12/h3-5,8-10,20,26-27H,6-7H2,1-2H3,(H,23,24). The summed E-state index contributed by atoms with van der Waals surface area (Å²) in [6.45, 7) is 2.51. The molecule has 1 amide bonds. The van der Waals surface area contributed by atoms with E-state index < -0.39 is 6.04 Å². The molecule has 1 aliphatic heterocycles. The molecule has 2 aromatic carbocycles. The van der Waals surface area contributed by atoms with Crippen molar-refractivity contribution in [1.82, 2.24) is 15.1 Å². The van der Waals surface area contributed by atoms with Crippen molar-refractivity contribution in [2.24, 2.45) is 0 Å². The van der Waals surface area contributed by atoms with E-state index in [1.165, 1.54) is 0 Å².